The molecule has 4 aromatic carbocycles. The molecule has 0 spiro atoms. The second kappa shape index (κ2) is 10.8. The van der Waals surface area contributed by atoms with Gasteiger partial charge < -0.3 is 20.8 Å². The molecule has 0 unspecified atom stereocenters. The Hall–Kier alpha value is -5.06. The summed E-state index contributed by atoms with van der Waals surface area (Å²) in [6, 6.07) is 15.2. The molecule has 46 heavy (non-hydrogen) atoms. The number of rotatable bonds is 6. The maximum Gasteiger partial charge on any atom is 0.265 e. The van der Waals surface area contributed by atoms with E-state index >= 15 is 0 Å². The van der Waals surface area contributed by atoms with E-state index in [0.717, 1.165) is 9.80 Å². The Morgan fingerprint density at radius 3 is 1.11 bits per heavy atom. The van der Waals surface area contributed by atoms with Crippen LogP contribution in [0, 0.1) is 0 Å². The Morgan fingerprint density at radius 2 is 0.826 bits per heavy atom. The quantitative estimate of drug-likeness (QED) is 0.204. The monoisotopic (exact) mass is 620 g/mol. The summed E-state index contributed by atoms with van der Waals surface area (Å²) < 4.78 is 0. The van der Waals surface area contributed by atoms with Crippen molar-refractivity contribution in [3.63, 3.8) is 0 Å². The van der Waals surface area contributed by atoms with E-state index < -0.39 is 23.6 Å². The lowest BCUT2D eigenvalue weighted by Gasteiger charge is -2.32. The number of hydrogen-bond donors (Lipinski definition) is 4. The fourth-order valence-electron chi connectivity index (χ4n) is 5.77. The van der Waals surface area contributed by atoms with Gasteiger partial charge in [0, 0.05) is 68.3 Å². The molecule has 2 aliphatic heterocycles. The highest BCUT2D eigenvalue weighted by Gasteiger charge is 2.41. The van der Waals surface area contributed by atoms with E-state index in [9.17, 15) is 29.4 Å². The number of hydrogen-bond acceptors (Lipinski definition) is 8. The Kier molecular flexibility index (Phi) is 7.25. The molecule has 236 valence electrons. The summed E-state index contributed by atoms with van der Waals surface area (Å²) in [6.45, 7) is 12.6. The summed E-state index contributed by atoms with van der Waals surface area (Å²) in [5.74, 6) is -2.33. The average Bonchev–Trinajstić information content (AvgIpc) is 2.98. The maximum atomic E-state index is 13.9. The number of amides is 4. The predicted molar refractivity (Wildman–Crippen MR) is 176 cm³/mol. The van der Waals surface area contributed by atoms with Crippen LogP contribution in [0.5, 0.6) is 11.5 Å². The first-order chi connectivity index (χ1) is 21.6. The Morgan fingerprint density at radius 1 is 0.522 bits per heavy atom. The molecule has 4 amide bonds. The molecule has 2 aliphatic rings. The molecule has 2 heterocycles. The van der Waals surface area contributed by atoms with E-state index in [2.05, 4.69) is 10.6 Å². The van der Waals surface area contributed by atoms with Crippen LogP contribution in [-0.4, -0.2) is 44.9 Å². The van der Waals surface area contributed by atoms with Gasteiger partial charge >= 0.3 is 0 Å². The van der Waals surface area contributed by atoms with Crippen molar-refractivity contribution in [1.29, 1.82) is 0 Å². The Balaban J connectivity index is 1.40. The van der Waals surface area contributed by atoms with Gasteiger partial charge in [-0.2, -0.15) is 0 Å². The topological polar surface area (TPSA) is 139 Å². The number of nitrogens with one attached hydrogen (secondary N) is 2. The van der Waals surface area contributed by atoms with Crippen LogP contribution < -0.4 is 20.4 Å². The van der Waals surface area contributed by atoms with Crippen molar-refractivity contribution in [3.8, 4) is 11.5 Å². The lowest BCUT2D eigenvalue weighted by Crippen LogP contribution is -2.43. The number of aromatic hydroxyl groups is 2. The third kappa shape index (κ3) is 5.29. The number of anilines is 2. The van der Waals surface area contributed by atoms with Gasteiger partial charge in [0.25, 0.3) is 23.6 Å². The second-order valence-electron chi connectivity index (χ2n) is 13.8. The highest BCUT2D eigenvalue weighted by atomic mass is 16.3. The molecule has 4 N–H and O–H groups in total. The van der Waals surface area contributed by atoms with Crippen LogP contribution in [-0.2, 0) is 13.1 Å². The smallest absolute Gasteiger partial charge is 0.265 e. The minimum absolute atomic E-state index is 0.0316. The van der Waals surface area contributed by atoms with Gasteiger partial charge in [0.1, 0.15) is 11.5 Å². The van der Waals surface area contributed by atoms with Gasteiger partial charge in [0.2, 0.25) is 0 Å². The molecule has 4 aromatic rings. The first-order valence-corrected chi connectivity index (χ1v) is 15.1. The number of carbonyl (C=O) groups excluding carboxylic acids is 4. The van der Waals surface area contributed by atoms with Crippen molar-refractivity contribution < 1.29 is 29.4 Å². The molecule has 10 heteroatoms. The van der Waals surface area contributed by atoms with Crippen molar-refractivity contribution in [2.45, 2.75) is 65.7 Å². The summed E-state index contributed by atoms with van der Waals surface area (Å²) >= 11 is 0. The van der Waals surface area contributed by atoms with E-state index in [1.165, 1.54) is 48.5 Å². The molecule has 0 saturated carbocycles. The van der Waals surface area contributed by atoms with Crippen LogP contribution in [0.4, 0.5) is 11.4 Å². The third-order valence-corrected chi connectivity index (χ3v) is 8.16. The van der Waals surface area contributed by atoms with Crippen molar-refractivity contribution in [2.24, 2.45) is 0 Å². The van der Waals surface area contributed by atoms with Crippen molar-refractivity contribution in [3.05, 3.63) is 94.0 Å². The minimum Gasteiger partial charge on any atom is -0.508 e. The zero-order valence-electron chi connectivity index (χ0n) is 26.6. The van der Waals surface area contributed by atoms with Crippen LogP contribution in [0.3, 0.4) is 0 Å². The zero-order valence-corrected chi connectivity index (χ0v) is 26.6. The normalized spacial score (nSPS) is 14.9. The average molecular weight is 621 g/mol. The molecule has 0 aromatic heterocycles. The standard InChI is InChI=1S/C36H36N4O6/c1-35(2,3)37-17-19-15-21(7-13-27(19)41)39-31(43)23-9-11-25-30-26(12-10-24(29(23)30)32(39)44)34(46)40(33(25)45)22-8-14-28(42)20(16-22)18-38-36(4,5)6/h7-16,37-38,41-42H,17-18H2,1-6H3. The molecule has 0 aliphatic carbocycles. The molecule has 0 saturated heterocycles. The largest absolute Gasteiger partial charge is 0.508 e. The highest BCUT2D eigenvalue weighted by molar-refractivity contribution is 6.42. The maximum absolute atomic E-state index is 13.9. The zero-order chi connectivity index (χ0) is 33.3. The molecule has 0 bridgehead atoms. The van der Waals surface area contributed by atoms with Gasteiger partial charge in [-0.25, -0.2) is 9.80 Å². The van der Waals surface area contributed by atoms with Crippen LogP contribution in [0.2, 0.25) is 0 Å². The molecule has 10 nitrogen and oxygen atoms in total. The summed E-state index contributed by atoms with van der Waals surface area (Å²) in [7, 11) is 0. The lowest BCUT2D eigenvalue weighted by molar-refractivity contribution is 0.0873. The lowest BCUT2D eigenvalue weighted by atomic mass is 9.85. The summed E-state index contributed by atoms with van der Waals surface area (Å²) in [5.41, 5.74) is 1.91. The van der Waals surface area contributed by atoms with Gasteiger partial charge in [0.05, 0.1) is 11.4 Å². The number of phenols is 2. The fourth-order valence-corrected chi connectivity index (χ4v) is 5.77. The minimum atomic E-state index is -0.599. The van der Waals surface area contributed by atoms with Crippen molar-refractivity contribution in [2.75, 3.05) is 9.80 Å². The molecule has 0 radical (unpaired) electrons. The molecule has 0 atom stereocenters. The summed E-state index contributed by atoms with van der Waals surface area (Å²) in [5, 5.41) is 28.1. The molecule has 0 fully saturated rings. The SMILES string of the molecule is CC(C)(C)NCc1cc(N2C(=O)c3ccc4c5c(ccc(c35)C2=O)C(=O)N(c2ccc(O)c(CNC(C)(C)C)c2)C4=O)ccc1O. The van der Waals surface area contributed by atoms with Crippen LogP contribution in [0.1, 0.15) is 94.1 Å². The van der Waals surface area contributed by atoms with Gasteiger partial charge in [-0.15, -0.1) is 0 Å². The number of imide groups is 2. The number of carbonyl (C=O) groups is 4. The summed E-state index contributed by atoms with van der Waals surface area (Å²) in [6.07, 6.45) is 0. The van der Waals surface area contributed by atoms with Crippen LogP contribution in [0.15, 0.2) is 60.7 Å². The van der Waals surface area contributed by atoms with Crippen LogP contribution >= 0.6 is 0 Å². The van der Waals surface area contributed by atoms with E-state index in [-0.39, 0.29) is 55.6 Å². The number of benzene rings is 4. The number of nitrogens with zero attached hydrogens (tertiary/aromatic N) is 2. The fraction of sp³-hybridized carbons (Fsp3) is 0.278. The molecule has 6 rings (SSSR count). The molecular formula is C36H36N4O6. The summed E-state index contributed by atoms with van der Waals surface area (Å²) in [4.78, 5) is 57.8. The highest BCUT2D eigenvalue weighted by Crippen LogP contribution is 2.41. The van der Waals surface area contributed by atoms with E-state index in [4.69, 9.17) is 0 Å². The van der Waals surface area contributed by atoms with Gasteiger partial charge in [-0.3, -0.25) is 19.2 Å². The van der Waals surface area contributed by atoms with Gasteiger partial charge in [-0.05, 0) is 102 Å². The first kappa shape index (κ1) is 30.9. The van der Waals surface area contributed by atoms with Gasteiger partial charge in [-0.1, -0.05) is 0 Å². The molecular weight excluding hydrogens is 584 g/mol. The van der Waals surface area contributed by atoms with E-state index in [1.54, 1.807) is 12.1 Å². The predicted octanol–water partition coefficient (Wildman–Crippen LogP) is 5.63. The Bertz CT molecular complexity index is 1770. The van der Waals surface area contributed by atoms with Gasteiger partial charge in [0.15, 0.2) is 0 Å². The van der Waals surface area contributed by atoms with Crippen molar-refractivity contribution >= 4 is 45.8 Å². The third-order valence-electron chi connectivity index (χ3n) is 8.16. The van der Waals surface area contributed by atoms with E-state index in [1.807, 2.05) is 41.5 Å². The van der Waals surface area contributed by atoms with E-state index in [0.29, 0.717) is 35.6 Å². The van der Waals surface area contributed by atoms with Crippen LogP contribution in [0.25, 0.3) is 10.8 Å². The number of phenolic OH excluding ortho intramolecular Hbond substituents is 2. The Labute approximate surface area is 266 Å². The van der Waals surface area contributed by atoms with Crippen molar-refractivity contribution in [1.82, 2.24) is 10.6 Å². The second-order valence-corrected chi connectivity index (χ2v) is 13.8. The first-order valence-electron chi connectivity index (χ1n) is 15.1.